The van der Waals surface area contributed by atoms with Crippen LogP contribution in [0, 0.1) is 19.3 Å². The molecule has 0 saturated heterocycles. The summed E-state index contributed by atoms with van der Waals surface area (Å²) in [5.74, 6) is -1.60. The summed E-state index contributed by atoms with van der Waals surface area (Å²) in [5, 5.41) is 12.5. The second-order valence-corrected chi connectivity index (χ2v) is 13.8. The second kappa shape index (κ2) is 15.3. The highest BCUT2D eigenvalue weighted by Gasteiger charge is 2.33. The number of hydrogen-bond donors (Lipinski definition) is 3. The fraction of sp³-hybridized carbons (Fsp3) is 0.344. The molecule has 0 amide bonds. The summed E-state index contributed by atoms with van der Waals surface area (Å²) in [5.41, 5.74) is 1.37. The van der Waals surface area contributed by atoms with Crippen LogP contribution in [0.1, 0.15) is 60.2 Å². The predicted octanol–water partition coefficient (Wildman–Crippen LogP) is 6.46. The molecule has 2 aromatic heterocycles. The standard InChI is InChI=1S/C32H35F3N6O5S.ClH/c1-19-8-6-9-20(2)28(19)24-15-27(40-30(38-24)41-47(44,45)23-11-7-10-21(14-23)29(42)43)46-18-22(16-31(3,4)5)37-17-26-36-13-12-25(39-26)32(33,34)35;/h6-15,22,37H,16-18H2,1-5H3,(H,42,43)(H,38,40,41);1H/t22-;/m1./s1. The van der Waals surface area contributed by atoms with Gasteiger partial charge in [-0.05, 0) is 61.1 Å². The zero-order chi connectivity index (χ0) is 34.6. The number of ether oxygens (including phenoxy) is 1. The predicted molar refractivity (Wildman–Crippen MR) is 176 cm³/mol. The largest absolute Gasteiger partial charge is 0.478 e. The lowest BCUT2D eigenvalue weighted by atomic mass is 9.88. The van der Waals surface area contributed by atoms with Crippen molar-refractivity contribution in [2.75, 3.05) is 11.3 Å². The molecule has 4 rings (SSSR count). The van der Waals surface area contributed by atoms with E-state index in [9.17, 15) is 31.5 Å². The van der Waals surface area contributed by atoms with Crippen LogP contribution in [0.2, 0.25) is 0 Å². The molecule has 0 aliphatic rings. The van der Waals surface area contributed by atoms with Gasteiger partial charge in [0.25, 0.3) is 10.0 Å². The van der Waals surface area contributed by atoms with Gasteiger partial charge in [0.15, 0.2) is 0 Å². The van der Waals surface area contributed by atoms with Crippen molar-refractivity contribution in [2.24, 2.45) is 5.41 Å². The van der Waals surface area contributed by atoms with E-state index in [0.717, 1.165) is 35.0 Å². The van der Waals surface area contributed by atoms with E-state index in [1.54, 1.807) is 6.07 Å². The quantitative estimate of drug-likeness (QED) is 0.149. The summed E-state index contributed by atoms with van der Waals surface area (Å²) in [4.78, 5) is 27.5. The van der Waals surface area contributed by atoms with E-state index < -0.39 is 33.9 Å². The third-order valence-corrected chi connectivity index (χ3v) is 8.22. The van der Waals surface area contributed by atoms with Gasteiger partial charge in [-0.1, -0.05) is 45.0 Å². The number of sulfonamides is 1. The molecule has 2 heterocycles. The van der Waals surface area contributed by atoms with Gasteiger partial charge in [0.05, 0.1) is 22.7 Å². The van der Waals surface area contributed by atoms with Crippen molar-refractivity contribution in [2.45, 2.75) is 64.7 Å². The minimum Gasteiger partial charge on any atom is -0.478 e. The Bertz CT molecular complexity index is 1850. The van der Waals surface area contributed by atoms with Crippen LogP contribution in [-0.4, -0.2) is 52.1 Å². The third-order valence-electron chi connectivity index (χ3n) is 6.89. The number of hydrogen-bond acceptors (Lipinski definition) is 9. The molecule has 0 saturated carbocycles. The average Bonchev–Trinajstić information content (AvgIpc) is 2.97. The summed E-state index contributed by atoms with van der Waals surface area (Å²) in [6.07, 6.45) is -3.01. The van der Waals surface area contributed by atoms with Crippen LogP contribution in [0.3, 0.4) is 0 Å². The highest BCUT2D eigenvalue weighted by atomic mass is 35.5. The van der Waals surface area contributed by atoms with Crippen LogP contribution < -0.4 is 14.8 Å². The third kappa shape index (κ3) is 10.3. The Labute approximate surface area is 282 Å². The number of rotatable bonds is 12. The van der Waals surface area contributed by atoms with Gasteiger partial charge in [0.2, 0.25) is 11.8 Å². The monoisotopic (exact) mass is 708 g/mol. The molecule has 11 nitrogen and oxygen atoms in total. The van der Waals surface area contributed by atoms with Crippen LogP contribution in [0.4, 0.5) is 19.1 Å². The van der Waals surface area contributed by atoms with Gasteiger partial charge in [-0.3, -0.25) is 0 Å². The number of carboxylic acid groups (broad SMARTS) is 1. The van der Waals surface area contributed by atoms with Crippen molar-refractivity contribution in [3.8, 4) is 17.1 Å². The summed E-state index contributed by atoms with van der Waals surface area (Å²) < 4.78 is 74.5. The van der Waals surface area contributed by atoms with Gasteiger partial charge in [0.1, 0.15) is 18.1 Å². The molecule has 16 heteroatoms. The molecular weight excluding hydrogens is 673 g/mol. The van der Waals surface area contributed by atoms with Gasteiger partial charge < -0.3 is 15.2 Å². The number of benzene rings is 2. The fourth-order valence-corrected chi connectivity index (χ4v) is 5.85. The molecule has 2 aromatic carbocycles. The second-order valence-electron chi connectivity index (χ2n) is 12.1. The topological polar surface area (TPSA) is 156 Å². The van der Waals surface area contributed by atoms with E-state index in [2.05, 4.69) is 30.0 Å². The minimum atomic E-state index is -4.61. The Balaban J connectivity index is 0.00000625. The first-order valence-corrected chi connectivity index (χ1v) is 16.0. The zero-order valence-corrected chi connectivity index (χ0v) is 28.4. The molecule has 3 N–H and O–H groups in total. The first-order valence-electron chi connectivity index (χ1n) is 14.5. The molecule has 0 unspecified atom stereocenters. The lowest BCUT2D eigenvalue weighted by Gasteiger charge is -2.27. The smallest absolute Gasteiger partial charge is 0.433 e. The molecule has 0 aliphatic heterocycles. The minimum absolute atomic E-state index is 0. The Morgan fingerprint density at radius 3 is 2.27 bits per heavy atom. The zero-order valence-electron chi connectivity index (χ0n) is 26.8. The number of nitrogens with one attached hydrogen (secondary N) is 2. The highest BCUT2D eigenvalue weighted by Crippen LogP contribution is 2.30. The summed E-state index contributed by atoms with van der Waals surface area (Å²) in [6.45, 7) is 9.70. The number of anilines is 1. The average molecular weight is 709 g/mol. The van der Waals surface area contributed by atoms with Crippen LogP contribution in [0.5, 0.6) is 5.88 Å². The number of aromatic nitrogens is 4. The number of halogens is 4. The number of aryl methyl sites for hydroxylation is 2. The number of carbonyl (C=O) groups is 1. The molecule has 0 aliphatic carbocycles. The lowest BCUT2D eigenvalue weighted by molar-refractivity contribution is -0.141. The maximum atomic E-state index is 13.3. The van der Waals surface area contributed by atoms with E-state index in [0.29, 0.717) is 12.1 Å². The van der Waals surface area contributed by atoms with Crippen molar-refractivity contribution >= 4 is 34.3 Å². The van der Waals surface area contributed by atoms with Crippen molar-refractivity contribution in [3.05, 3.63) is 89.0 Å². The first-order chi connectivity index (χ1) is 21.9. The van der Waals surface area contributed by atoms with Crippen LogP contribution >= 0.6 is 12.4 Å². The molecule has 48 heavy (non-hydrogen) atoms. The van der Waals surface area contributed by atoms with Crippen LogP contribution in [0.15, 0.2) is 65.7 Å². The van der Waals surface area contributed by atoms with E-state index in [1.807, 2.05) is 52.8 Å². The molecule has 258 valence electrons. The number of aromatic carboxylic acids is 1. The normalized spacial score (nSPS) is 12.6. The van der Waals surface area contributed by atoms with Crippen molar-refractivity contribution in [1.82, 2.24) is 25.3 Å². The SMILES string of the molecule is Cc1cccc(C)c1-c1cc(OC[C@@H](CC(C)(C)C)NCc2nccc(C(F)(F)F)n2)nc(NS(=O)(=O)c2cccc(C(=O)O)c2)n1.Cl. The van der Waals surface area contributed by atoms with Crippen LogP contribution in [0.25, 0.3) is 11.3 Å². The van der Waals surface area contributed by atoms with E-state index >= 15 is 0 Å². The van der Waals surface area contributed by atoms with E-state index in [4.69, 9.17) is 4.74 Å². The van der Waals surface area contributed by atoms with Crippen LogP contribution in [-0.2, 0) is 22.7 Å². The van der Waals surface area contributed by atoms with Gasteiger partial charge in [-0.15, -0.1) is 12.4 Å². The van der Waals surface area contributed by atoms with Crippen molar-refractivity contribution < 1.29 is 36.2 Å². The number of carboxylic acids is 1. The van der Waals surface area contributed by atoms with Gasteiger partial charge in [-0.2, -0.15) is 18.2 Å². The van der Waals surface area contributed by atoms with E-state index in [1.165, 1.54) is 18.2 Å². The molecule has 0 fully saturated rings. The van der Waals surface area contributed by atoms with Crippen molar-refractivity contribution in [3.63, 3.8) is 0 Å². The maximum absolute atomic E-state index is 13.3. The van der Waals surface area contributed by atoms with Gasteiger partial charge >= 0.3 is 12.1 Å². The lowest BCUT2D eigenvalue weighted by Crippen LogP contribution is -2.38. The molecule has 0 spiro atoms. The Kier molecular flexibility index (Phi) is 12.1. The summed E-state index contributed by atoms with van der Waals surface area (Å²) in [7, 11) is -4.31. The Morgan fingerprint density at radius 2 is 1.65 bits per heavy atom. The summed E-state index contributed by atoms with van der Waals surface area (Å²) >= 11 is 0. The molecule has 0 radical (unpaired) electrons. The molecule has 0 bridgehead atoms. The summed E-state index contributed by atoms with van der Waals surface area (Å²) in [6, 6.07) is 12.5. The Hall–Kier alpha value is -4.34. The first kappa shape index (κ1) is 38.1. The number of nitrogens with zero attached hydrogens (tertiary/aromatic N) is 4. The van der Waals surface area contributed by atoms with Crippen molar-refractivity contribution in [1.29, 1.82) is 0 Å². The fourth-order valence-electron chi connectivity index (χ4n) is 4.86. The number of alkyl halides is 3. The molecular formula is C32H36ClF3N6O5S. The van der Waals surface area contributed by atoms with Gasteiger partial charge in [-0.25, -0.2) is 32.9 Å². The van der Waals surface area contributed by atoms with E-state index in [-0.39, 0.29) is 59.1 Å². The molecule has 4 aromatic rings. The van der Waals surface area contributed by atoms with Gasteiger partial charge in [0, 0.05) is 23.9 Å². The maximum Gasteiger partial charge on any atom is 0.433 e. The highest BCUT2D eigenvalue weighted by molar-refractivity contribution is 7.92. The Morgan fingerprint density at radius 1 is 0.979 bits per heavy atom. The molecule has 1 atom stereocenters.